The molecule has 0 spiro atoms. The average Bonchev–Trinajstić information content (AvgIpc) is 2.55. The first-order valence-corrected chi connectivity index (χ1v) is 8.77. The van der Waals surface area contributed by atoms with Crippen LogP contribution in [0.1, 0.15) is 68.4 Å². The van der Waals surface area contributed by atoms with Crippen molar-refractivity contribution in [2.24, 2.45) is 5.92 Å². The van der Waals surface area contributed by atoms with Crippen LogP contribution in [0.5, 0.6) is 0 Å². The molecule has 2 atom stereocenters. The standard InChI is InChI=1S/C20H26N2O/c1-13(2)19-12-16(15-9-5-7-11-18(15)21-19)20(23)22-17-10-6-4-8-14(17)3/h5,7,9,11-14,17H,4,6,8,10H2,1-3H3,(H,22,23). The number of aromatic nitrogens is 1. The van der Waals surface area contributed by atoms with Gasteiger partial charge >= 0.3 is 0 Å². The monoisotopic (exact) mass is 310 g/mol. The minimum atomic E-state index is 0.0456. The summed E-state index contributed by atoms with van der Waals surface area (Å²) in [4.78, 5) is 17.6. The molecule has 23 heavy (non-hydrogen) atoms. The third-order valence-corrected chi connectivity index (χ3v) is 5.00. The van der Waals surface area contributed by atoms with Crippen LogP contribution in [0.15, 0.2) is 30.3 Å². The van der Waals surface area contributed by atoms with Crippen molar-refractivity contribution in [1.29, 1.82) is 0 Å². The van der Waals surface area contributed by atoms with Gasteiger partial charge in [0.25, 0.3) is 5.91 Å². The van der Waals surface area contributed by atoms with E-state index in [1.54, 1.807) is 0 Å². The zero-order chi connectivity index (χ0) is 16.4. The SMILES string of the molecule is CC(C)c1cc(C(=O)NC2CCCCC2C)c2ccccc2n1. The average molecular weight is 310 g/mol. The number of benzene rings is 1. The summed E-state index contributed by atoms with van der Waals surface area (Å²) >= 11 is 0. The largest absolute Gasteiger partial charge is 0.349 e. The van der Waals surface area contributed by atoms with Crippen LogP contribution in [-0.2, 0) is 0 Å². The fourth-order valence-electron chi connectivity index (χ4n) is 3.46. The number of carbonyl (C=O) groups is 1. The molecule has 3 nitrogen and oxygen atoms in total. The van der Waals surface area contributed by atoms with Gasteiger partial charge in [-0.25, -0.2) is 0 Å². The van der Waals surface area contributed by atoms with Crippen molar-refractivity contribution in [3.05, 3.63) is 41.6 Å². The Bertz CT molecular complexity index is 708. The van der Waals surface area contributed by atoms with E-state index in [-0.39, 0.29) is 5.91 Å². The predicted molar refractivity (Wildman–Crippen MR) is 94.7 cm³/mol. The second-order valence-corrected chi connectivity index (χ2v) is 7.11. The van der Waals surface area contributed by atoms with E-state index < -0.39 is 0 Å². The second kappa shape index (κ2) is 6.69. The van der Waals surface area contributed by atoms with Crippen LogP contribution >= 0.6 is 0 Å². The Morgan fingerprint density at radius 1 is 1.22 bits per heavy atom. The topological polar surface area (TPSA) is 42.0 Å². The Hall–Kier alpha value is -1.90. The maximum absolute atomic E-state index is 12.9. The van der Waals surface area contributed by atoms with Crippen LogP contribution in [0.2, 0.25) is 0 Å². The molecule has 3 rings (SSSR count). The summed E-state index contributed by atoms with van der Waals surface area (Å²) in [6.07, 6.45) is 4.79. The molecule has 1 aromatic carbocycles. The first-order valence-electron chi connectivity index (χ1n) is 8.77. The summed E-state index contributed by atoms with van der Waals surface area (Å²) in [7, 11) is 0. The van der Waals surface area contributed by atoms with E-state index in [0.29, 0.717) is 17.9 Å². The second-order valence-electron chi connectivity index (χ2n) is 7.11. The van der Waals surface area contributed by atoms with Gasteiger partial charge in [0.15, 0.2) is 0 Å². The maximum atomic E-state index is 12.9. The van der Waals surface area contributed by atoms with Crippen molar-refractivity contribution in [3.8, 4) is 0 Å². The highest BCUT2D eigenvalue weighted by Gasteiger charge is 2.24. The molecule has 1 saturated carbocycles. The molecule has 2 aromatic rings. The summed E-state index contributed by atoms with van der Waals surface area (Å²) < 4.78 is 0. The predicted octanol–water partition coefficient (Wildman–Crippen LogP) is 4.67. The fourth-order valence-corrected chi connectivity index (χ4v) is 3.46. The normalized spacial score (nSPS) is 21.6. The molecule has 2 unspecified atom stereocenters. The molecule has 1 N–H and O–H groups in total. The molecule has 0 saturated heterocycles. The van der Waals surface area contributed by atoms with E-state index in [1.165, 1.54) is 19.3 Å². The van der Waals surface area contributed by atoms with Crippen molar-refractivity contribution in [2.75, 3.05) is 0 Å². The van der Waals surface area contributed by atoms with Crippen LogP contribution in [-0.4, -0.2) is 16.9 Å². The summed E-state index contributed by atoms with van der Waals surface area (Å²) in [5.41, 5.74) is 2.64. The lowest BCUT2D eigenvalue weighted by atomic mass is 9.85. The van der Waals surface area contributed by atoms with E-state index in [4.69, 9.17) is 4.98 Å². The van der Waals surface area contributed by atoms with Crippen molar-refractivity contribution < 1.29 is 4.79 Å². The van der Waals surface area contributed by atoms with E-state index in [2.05, 4.69) is 26.1 Å². The van der Waals surface area contributed by atoms with Gasteiger partial charge in [0.05, 0.1) is 11.1 Å². The van der Waals surface area contributed by atoms with E-state index in [1.807, 2.05) is 30.3 Å². The Labute approximate surface area is 138 Å². The lowest BCUT2D eigenvalue weighted by Crippen LogP contribution is -2.41. The van der Waals surface area contributed by atoms with E-state index >= 15 is 0 Å². The minimum absolute atomic E-state index is 0.0456. The smallest absolute Gasteiger partial charge is 0.252 e. The number of carbonyl (C=O) groups excluding carboxylic acids is 1. The Morgan fingerprint density at radius 3 is 2.70 bits per heavy atom. The number of rotatable bonds is 3. The van der Waals surface area contributed by atoms with Gasteiger partial charge in [-0.1, -0.05) is 51.8 Å². The minimum Gasteiger partial charge on any atom is -0.349 e. The molecule has 1 fully saturated rings. The number of amides is 1. The molecular formula is C20H26N2O. The molecule has 1 amide bonds. The summed E-state index contributed by atoms with van der Waals surface area (Å²) in [6, 6.07) is 10.2. The van der Waals surface area contributed by atoms with Crippen molar-refractivity contribution in [1.82, 2.24) is 10.3 Å². The van der Waals surface area contributed by atoms with Crippen LogP contribution in [0.25, 0.3) is 10.9 Å². The number of fused-ring (bicyclic) bond motifs is 1. The molecule has 1 aromatic heterocycles. The summed E-state index contributed by atoms with van der Waals surface area (Å²) in [6.45, 7) is 6.47. The highest BCUT2D eigenvalue weighted by Crippen LogP contribution is 2.26. The maximum Gasteiger partial charge on any atom is 0.252 e. The first kappa shape index (κ1) is 16.0. The molecule has 1 heterocycles. The van der Waals surface area contributed by atoms with Gasteiger partial charge in [0, 0.05) is 17.1 Å². The quantitative estimate of drug-likeness (QED) is 0.895. The Balaban J connectivity index is 1.95. The number of pyridine rings is 1. The lowest BCUT2D eigenvalue weighted by Gasteiger charge is -2.29. The van der Waals surface area contributed by atoms with Gasteiger partial charge in [-0.05, 0) is 36.8 Å². The molecule has 1 aliphatic carbocycles. The van der Waals surface area contributed by atoms with Gasteiger partial charge in [-0.2, -0.15) is 0 Å². The molecular weight excluding hydrogens is 284 g/mol. The summed E-state index contributed by atoms with van der Waals surface area (Å²) in [5.74, 6) is 0.911. The number of nitrogens with one attached hydrogen (secondary N) is 1. The number of para-hydroxylation sites is 1. The highest BCUT2D eigenvalue weighted by atomic mass is 16.1. The number of nitrogens with zero attached hydrogens (tertiary/aromatic N) is 1. The fraction of sp³-hybridized carbons (Fsp3) is 0.500. The third kappa shape index (κ3) is 3.39. The molecule has 1 aliphatic rings. The van der Waals surface area contributed by atoms with E-state index in [9.17, 15) is 4.79 Å². The third-order valence-electron chi connectivity index (χ3n) is 5.00. The van der Waals surface area contributed by atoms with Crippen molar-refractivity contribution >= 4 is 16.8 Å². The zero-order valence-electron chi connectivity index (χ0n) is 14.3. The van der Waals surface area contributed by atoms with Crippen LogP contribution in [0.4, 0.5) is 0 Å². The Kier molecular flexibility index (Phi) is 4.65. The number of hydrogen-bond donors (Lipinski definition) is 1. The van der Waals surface area contributed by atoms with Gasteiger partial charge in [0.2, 0.25) is 0 Å². The number of hydrogen-bond acceptors (Lipinski definition) is 2. The van der Waals surface area contributed by atoms with Crippen molar-refractivity contribution in [2.45, 2.75) is 58.4 Å². The zero-order valence-corrected chi connectivity index (χ0v) is 14.3. The molecule has 0 aliphatic heterocycles. The Morgan fingerprint density at radius 2 is 1.96 bits per heavy atom. The van der Waals surface area contributed by atoms with Crippen LogP contribution < -0.4 is 5.32 Å². The molecule has 122 valence electrons. The van der Waals surface area contributed by atoms with Crippen LogP contribution in [0.3, 0.4) is 0 Å². The molecule has 0 bridgehead atoms. The van der Waals surface area contributed by atoms with Gasteiger partial charge in [-0.3, -0.25) is 9.78 Å². The van der Waals surface area contributed by atoms with Gasteiger partial charge < -0.3 is 5.32 Å². The highest BCUT2D eigenvalue weighted by molar-refractivity contribution is 6.06. The summed E-state index contributed by atoms with van der Waals surface area (Å²) in [5, 5.41) is 4.22. The van der Waals surface area contributed by atoms with E-state index in [0.717, 1.165) is 28.6 Å². The molecule has 3 heteroatoms. The first-order chi connectivity index (χ1) is 11.1. The van der Waals surface area contributed by atoms with Crippen molar-refractivity contribution in [3.63, 3.8) is 0 Å². The molecule has 0 radical (unpaired) electrons. The van der Waals surface area contributed by atoms with Gasteiger partial charge in [0.1, 0.15) is 0 Å². The van der Waals surface area contributed by atoms with Crippen LogP contribution in [0, 0.1) is 5.92 Å². The van der Waals surface area contributed by atoms with Gasteiger partial charge in [-0.15, -0.1) is 0 Å². The lowest BCUT2D eigenvalue weighted by molar-refractivity contribution is 0.0912.